The van der Waals surface area contributed by atoms with E-state index in [4.69, 9.17) is 19.6 Å². The largest absolute Gasteiger partial charge is 0.484 e. The Balaban J connectivity index is 0.000000167. The lowest BCUT2D eigenvalue weighted by Crippen LogP contribution is -2.47. The number of hydrogen-bond donors (Lipinski definition) is 4. The molecule has 0 saturated carbocycles. The number of carbonyl (C=O) groups is 2. The molecule has 4 aromatic carbocycles. The number of nitrogens with zero attached hydrogens (tertiary/aromatic N) is 7. The zero-order chi connectivity index (χ0) is 41.4. The maximum absolute atomic E-state index is 12.2. The number of nitrogens with one attached hydrogen (secondary N) is 3. The van der Waals surface area contributed by atoms with Crippen molar-refractivity contribution in [3.63, 3.8) is 0 Å². The highest BCUT2D eigenvalue weighted by atomic mass is 79.9. The first kappa shape index (κ1) is 41.3. The van der Waals surface area contributed by atoms with Gasteiger partial charge in [-0.3, -0.25) is 14.5 Å². The molecule has 9 rings (SSSR count). The lowest BCUT2D eigenvalue weighted by atomic mass is 10.2. The maximum Gasteiger partial charge on any atom is 0.262 e. The highest BCUT2D eigenvalue weighted by Crippen LogP contribution is 2.29. The van der Waals surface area contributed by atoms with E-state index in [0.717, 1.165) is 82.4 Å². The Morgan fingerprint density at radius 1 is 0.733 bits per heavy atom. The van der Waals surface area contributed by atoms with Crippen molar-refractivity contribution in [3.05, 3.63) is 106 Å². The number of β-amino-alcohol motifs (C(OH)–C–C–N with tert-alkyl or cyclic N) is 1. The Morgan fingerprint density at radius 2 is 1.27 bits per heavy atom. The molecule has 3 aliphatic heterocycles. The van der Waals surface area contributed by atoms with Gasteiger partial charge >= 0.3 is 0 Å². The van der Waals surface area contributed by atoms with Crippen LogP contribution in [0.25, 0.3) is 21.8 Å². The van der Waals surface area contributed by atoms with Crippen LogP contribution in [0, 0.1) is 0 Å². The summed E-state index contributed by atoms with van der Waals surface area (Å²) in [6.07, 6.45) is 4.77. The molecule has 2 aromatic heterocycles. The molecule has 6 aromatic rings. The van der Waals surface area contributed by atoms with Crippen LogP contribution >= 0.6 is 31.9 Å². The maximum atomic E-state index is 12.2. The van der Waals surface area contributed by atoms with E-state index in [1.165, 1.54) is 0 Å². The monoisotopic (exact) mass is 938 g/mol. The van der Waals surface area contributed by atoms with E-state index < -0.39 is 0 Å². The summed E-state index contributed by atoms with van der Waals surface area (Å²) in [7, 11) is 0. The first-order chi connectivity index (χ1) is 29.2. The highest BCUT2D eigenvalue weighted by molar-refractivity contribution is 9.10. The second-order valence-electron chi connectivity index (χ2n) is 14.7. The number of fused-ring (bicyclic) bond motifs is 4. The number of halogens is 2. The molecule has 17 heteroatoms. The second kappa shape index (κ2) is 19.3. The molecule has 2 atom stereocenters. The summed E-state index contributed by atoms with van der Waals surface area (Å²) in [6.45, 7) is 6.15. The molecular weight excluding hydrogens is 896 g/mol. The Kier molecular flexibility index (Phi) is 13.3. The number of amides is 2. The Hall–Kier alpha value is -5.46. The first-order valence-corrected chi connectivity index (χ1v) is 21.3. The summed E-state index contributed by atoms with van der Waals surface area (Å²) in [5, 5.41) is 20.0. The average molecular weight is 941 g/mol. The SMILES string of the molecule is O=C(COc1ccc(Br)cc1)Nc1ccc2nc(N3CC4CC3CN4)ncc2c1.O=C(COc1ccc(Br)cc1)Nc1ccc2nc(N3CCN(CCO)CC3)ncc2c1. The van der Waals surface area contributed by atoms with E-state index in [9.17, 15) is 9.59 Å². The summed E-state index contributed by atoms with van der Waals surface area (Å²) in [5.41, 5.74) is 3.07. The summed E-state index contributed by atoms with van der Waals surface area (Å²) in [5.74, 6) is 2.32. The number of piperazine rings is 2. The summed E-state index contributed by atoms with van der Waals surface area (Å²) < 4.78 is 12.9. The number of hydrogen-bond acceptors (Lipinski definition) is 13. The summed E-state index contributed by atoms with van der Waals surface area (Å²) >= 11 is 6.74. The van der Waals surface area contributed by atoms with Crippen LogP contribution < -0.4 is 35.2 Å². The molecule has 2 bridgehead atoms. The van der Waals surface area contributed by atoms with Gasteiger partial charge in [-0.05, 0) is 91.3 Å². The zero-order valence-corrected chi connectivity index (χ0v) is 35.8. The third kappa shape index (κ3) is 10.6. The number of carbonyl (C=O) groups excluding carboxylic acids is 2. The van der Waals surface area contributed by atoms with Crippen molar-refractivity contribution >= 4 is 88.8 Å². The molecule has 2 unspecified atom stereocenters. The van der Waals surface area contributed by atoms with Gasteiger partial charge in [0.1, 0.15) is 11.5 Å². The quantitative estimate of drug-likeness (QED) is 0.122. The molecule has 2 amide bonds. The van der Waals surface area contributed by atoms with Gasteiger partial charge in [0.15, 0.2) is 13.2 Å². The average Bonchev–Trinajstić information content (AvgIpc) is 3.91. The van der Waals surface area contributed by atoms with Gasteiger partial charge in [0, 0.05) is 101 Å². The molecule has 4 N–H and O–H groups in total. The van der Waals surface area contributed by atoms with Gasteiger partial charge in [-0.1, -0.05) is 31.9 Å². The van der Waals surface area contributed by atoms with Gasteiger partial charge < -0.3 is 40.3 Å². The zero-order valence-electron chi connectivity index (χ0n) is 32.6. The Labute approximate surface area is 363 Å². The van der Waals surface area contributed by atoms with Crippen LogP contribution in [-0.2, 0) is 9.59 Å². The van der Waals surface area contributed by atoms with Crippen LogP contribution in [0.1, 0.15) is 6.42 Å². The molecule has 5 heterocycles. The first-order valence-electron chi connectivity index (χ1n) is 19.7. The van der Waals surface area contributed by atoms with Crippen molar-refractivity contribution in [1.29, 1.82) is 0 Å². The van der Waals surface area contributed by atoms with E-state index in [2.05, 4.69) is 77.5 Å². The van der Waals surface area contributed by atoms with Gasteiger partial charge in [-0.25, -0.2) is 19.9 Å². The minimum absolute atomic E-state index is 0.0549. The van der Waals surface area contributed by atoms with Crippen LogP contribution in [0.2, 0.25) is 0 Å². The highest BCUT2D eigenvalue weighted by Gasteiger charge is 2.38. The van der Waals surface area contributed by atoms with Crippen molar-refractivity contribution in [3.8, 4) is 11.5 Å². The molecule has 60 heavy (non-hydrogen) atoms. The Bertz CT molecular complexity index is 2440. The standard InChI is InChI=1S/C22H24BrN5O3.C21H20BrN5O2/c23-17-1-4-19(5-2-17)31-15-21(30)25-18-3-6-20-16(13-18)14-24-22(26-20)28-9-7-27(8-10-28)11-12-29;22-14-1-4-18(5-2-14)29-12-20(28)25-15-3-6-19-13(7-15)9-24-21(26-19)27-11-16-8-17(27)10-23-16/h1-6,13-14,29H,7-12,15H2,(H,25,30);1-7,9,16-17,23H,8,10-12H2,(H,25,28). The number of aromatic nitrogens is 4. The van der Waals surface area contributed by atoms with E-state index in [1.54, 1.807) is 18.3 Å². The third-order valence-electron chi connectivity index (χ3n) is 10.5. The van der Waals surface area contributed by atoms with Crippen molar-refractivity contribution in [2.75, 3.05) is 86.1 Å². The number of anilines is 4. The summed E-state index contributed by atoms with van der Waals surface area (Å²) in [4.78, 5) is 49.6. The fourth-order valence-electron chi connectivity index (χ4n) is 7.37. The van der Waals surface area contributed by atoms with Crippen LogP contribution in [0.3, 0.4) is 0 Å². The Morgan fingerprint density at radius 3 is 1.77 bits per heavy atom. The molecule has 3 saturated heterocycles. The van der Waals surface area contributed by atoms with Gasteiger partial charge in [-0.15, -0.1) is 0 Å². The molecule has 0 aliphatic carbocycles. The minimum atomic E-state index is -0.236. The van der Waals surface area contributed by atoms with Crippen LogP contribution in [-0.4, -0.2) is 119 Å². The van der Waals surface area contributed by atoms with E-state index >= 15 is 0 Å². The fraction of sp³-hybridized carbons (Fsp3) is 0.302. The van der Waals surface area contributed by atoms with E-state index in [1.807, 2.05) is 79.0 Å². The van der Waals surface area contributed by atoms with E-state index in [-0.39, 0.29) is 31.6 Å². The number of rotatable bonds is 12. The lowest BCUT2D eigenvalue weighted by Gasteiger charge is -2.34. The normalized spacial score (nSPS) is 17.3. The van der Waals surface area contributed by atoms with Gasteiger partial charge in [0.25, 0.3) is 11.8 Å². The number of aliphatic hydroxyl groups is 1. The minimum Gasteiger partial charge on any atom is -0.484 e. The van der Waals surface area contributed by atoms with Crippen LogP contribution in [0.4, 0.5) is 23.3 Å². The lowest BCUT2D eigenvalue weighted by molar-refractivity contribution is -0.118. The number of ether oxygens (including phenoxy) is 2. The molecule has 3 aliphatic rings. The smallest absolute Gasteiger partial charge is 0.262 e. The van der Waals surface area contributed by atoms with Crippen molar-refractivity contribution in [2.24, 2.45) is 0 Å². The van der Waals surface area contributed by atoms with Crippen molar-refractivity contribution in [2.45, 2.75) is 18.5 Å². The molecule has 15 nitrogen and oxygen atoms in total. The van der Waals surface area contributed by atoms with Crippen LogP contribution in [0.15, 0.2) is 106 Å². The topological polar surface area (TPSA) is 170 Å². The van der Waals surface area contributed by atoms with Gasteiger partial charge in [0.2, 0.25) is 11.9 Å². The molecular formula is C43H44Br2N10O5. The predicted molar refractivity (Wildman–Crippen MR) is 239 cm³/mol. The third-order valence-corrected chi connectivity index (χ3v) is 11.5. The van der Waals surface area contributed by atoms with Crippen molar-refractivity contribution in [1.82, 2.24) is 30.2 Å². The van der Waals surface area contributed by atoms with Crippen molar-refractivity contribution < 1.29 is 24.2 Å². The molecule has 0 spiro atoms. The van der Waals surface area contributed by atoms with Gasteiger partial charge in [0.05, 0.1) is 17.6 Å². The predicted octanol–water partition coefficient (Wildman–Crippen LogP) is 5.48. The number of aliphatic hydroxyl groups excluding tert-OH is 1. The van der Waals surface area contributed by atoms with Gasteiger partial charge in [-0.2, -0.15) is 0 Å². The summed E-state index contributed by atoms with van der Waals surface area (Å²) in [6, 6.07) is 26.9. The molecule has 0 radical (unpaired) electrons. The molecule has 3 fully saturated rings. The fourth-order valence-corrected chi connectivity index (χ4v) is 7.89. The number of benzene rings is 4. The van der Waals surface area contributed by atoms with Crippen LogP contribution in [0.5, 0.6) is 11.5 Å². The second-order valence-corrected chi connectivity index (χ2v) is 16.5. The molecule has 310 valence electrons. The van der Waals surface area contributed by atoms with E-state index in [0.29, 0.717) is 47.5 Å².